The number of aliphatic hydroxyl groups excluding tert-OH is 1. The third-order valence-electron chi connectivity index (χ3n) is 2.30. The van der Waals surface area contributed by atoms with Gasteiger partial charge in [0.15, 0.2) is 5.82 Å². The van der Waals surface area contributed by atoms with Crippen molar-refractivity contribution in [3.8, 4) is 0 Å². The number of nitrogens with zero attached hydrogens (tertiary/aromatic N) is 2. The average molecular weight is 269 g/mol. The minimum atomic E-state index is -0.971. The zero-order chi connectivity index (χ0) is 12.4. The molecule has 2 rings (SSSR count). The molecule has 1 N–H and O–H groups in total. The summed E-state index contributed by atoms with van der Waals surface area (Å²) < 4.78 is 0. The Bertz CT molecular complexity index is 529. The van der Waals surface area contributed by atoms with Gasteiger partial charge >= 0.3 is 0 Å². The number of hydrogen-bond donors (Lipinski definition) is 1. The minimum Gasteiger partial charge on any atom is -0.380 e. The Morgan fingerprint density at radius 3 is 2.47 bits per heavy atom. The lowest BCUT2D eigenvalue weighted by Crippen LogP contribution is -2.05. The van der Waals surface area contributed by atoms with Crippen molar-refractivity contribution in [1.82, 2.24) is 9.97 Å². The molecule has 1 aromatic heterocycles. The summed E-state index contributed by atoms with van der Waals surface area (Å²) in [5, 5.41) is 11.1. The Balaban J connectivity index is 2.39. The smallest absolute Gasteiger partial charge is 0.161 e. The molecule has 0 radical (unpaired) electrons. The first kappa shape index (κ1) is 12.3. The Morgan fingerprint density at radius 2 is 1.82 bits per heavy atom. The van der Waals surface area contributed by atoms with Gasteiger partial charge in [-0.25, -0.2) is 9.97 Å². The van der Waals surface area contributed by atoms with Gasteiger partial charge in [0.05, 0.1) is 0 Å². The van der Waals surface area contributed by atoms with Crippen molar-refractivity contribution < 1.29 is 5.11 Å². The molecule has 17 heavy (non-hydrogen) atoms. The van der Waals surface area contributed by atoms with Gasteiger partial charge in [-0.1, -0.05) is 23.2 Å². The summed E-state index contributed by atoms with van der Waals surface area (Å²) in [4.78, 5) is 8.13. The summed E-state index contributed by atoms with van der Waals surface area (Å²) in [5.74, 6) is 0.305. The molecule has 1 heterocycles. The summed E-state index contributed by atoms with van der Waals surface area (Å²) in [6.07, 6.45) is 2.32. The fourth-order valence-electron chi connectivity index (χ4n) is 1.41. The first-order valence-corrected chi connectivity index (χ1v) is 5.75. The third kappa shape index (κ3) is 2.75. The van der Waals surface area contributed by atoms with E-state index >= 15 is 0 Å². The summed E-state index contributed by atoms with van der Waals surface area (Å²) >= 11 is 11.9. The van der Waals surface area contributed by atoms with Gasteiger partial charge < -0.3 is 5.11 Å². The van der Waals surface area contributed by atoms with E-state index in [0.717, 1.165) is 5.56 Å². The molecular formula is C12H10Cl2N2O. The van der Waals surface area contributed by atoms with E-state index in [-0.39, 0.29) is 0 Å². The molecule has 0 bridgehead atoms. The van der Waals surface area contributed by atoms with E-state index in [1.807, 2.05) is 6.92 Å². The molecule has 0 saturated heterocycles. The lowest BCUT2D eigenvalue weighted by molar-refractivity contribution is 0.210. The van der Waals surface area contributed by atoms with E-state index in [9.17, 15) is 5.11 Å². The highest BCUT2D eigenvalue weighted by Crippen LogP contribution is 2.28. The van der Waals surface area contributed by atoms with Crippen LogP contribution in [0.2, 0.25) is 10.0 Å². The number of aliphatic hydroxyl groups is 1. The zero-order valence-corrected chi connectivity index (χ0v) is 10.6. The molecule has 3 nitrogen and oxygen atoms in total. The monoisotopic (exact) mass is 268 g/mol. The molecule has 0 saturated carbocycles. The fourth-order valence-corrected chi connectivity index (χ4v) is 1.81. The normalized spacial score (nSPS) is 12.5. The maximum absolute atomic E-state index is 10.1. The molecule has 0 spiro atoms. The summed E-state index contributed by atoms with van der Waals surface area (Å²) in [6.45, 7) is 1.88. The quantitative estimate of drug-likeness (QED) is 0.910. The van der Waals surface area contributed by atoms with Gasteiger partial charge in [0.2, 0.25) is 0 Å². The Kier molecular flexibility index (Phi) is 3.62. The molecule has 1 unspecified atom stereocenters. The van der Waals surface area contributed by atoms with Crippen molar-refractivity contribution in [1.29, 1.82) is 0 Å². The Labute approximate surface area is 109 Å². The van der Waals surface area contributed by atoms with Crippen LogP contribution < -0.4 is 0 Å². The SMILES string of the molecule is Cc1cnc(C(O)c2cc(Cl)ccc2Cl)nc1. The molecule has 0 aliphatic rings. The second-order valence-corrected chi connectivity index (χ2v) is 4.53. The fraction of sp³-hybridized carbons (Fsp3) is 0.167. The largest absolute Gasteiger partial charge is 0.380 e. The molecular weight excluding hydrogens is 259 g/mol. The Morgan fingerprint density at radius 1 is 1.18 bits per heavy atom. The van der Waals surface area contributed by atoms with Crippen molar-refractivity contribution in [3.05, 3.63) is 57.6 Å². The van der Waals surface area contributed by atoms with Gasteiger partial charge in [0.25, 0.3) is 0 Å². The first-order valence-electron chi connectivity index (χ1n) is 4.99. The number of benzene rings is 1. The zero-order valence-electron chi connectivity index (χ0n) is 9.06. The number of aromatic nitrogens is 2. The number of halogens is 2. The van der Waals surface area contributed by atoms with E-state index < -0.39 is 6.10 Å². The van der Waals surface area contributed by atoms with Gasteiger partial charge in [0, 0.05) is 28.0 Å². The van der Waals surface area contributed by atoms with Crippen LogP contribution in [0.5, 0.6) is 0 Å². The summed E-state index contributed by atoms with van der Waals surface area (Å²) in [7, 11) is 0. The number of hydrogen-bond acceptors (Lipinski definition) is 3. The van der Waals surface area contributed by atoms with Crippen molar-refractivity contribution in [3.63, 3.8) is 0 Å². The summed E-state index contributed by atoms with van der Waals surface area (Å²) in [5.41, 5.74) is 1.43. The average Bonchev–Trinajstić information content (AvgIpc) is 2.32. The molecule has 5 heteroatoms. The minimum absolute atomic E-state index is 0.305. The number of rotatable bonds is 2. The van der Waals surface area contributed by atoms with Crippen LogP contribution in [0.3, 0.4) is 0 Å². The van der Waals surface area contributed by atoms with E-state index in [1.165, 1.54) is 0 Å². The van der Waals surface area contributed by atoms with Crippen LogP contribution in [0.1, 0.15) is 23.1 Å². The van der Waals surface area contributed by atoms with Crippen molar-refractivity contribution >= 4 is 23.2 Å². The third-order valence-corrected chi connectivity index (χ3v) is 2.88. The van der Waals surface area contributed by atoms with Gasteiger partial charge in [-0.05, 0) is 30.7 Å². The van der Waals surface area contributed by atoms with Crippen molar-refractivity contribution in [2.75, 3.05) is 0 Å². The van der Waals surface area contributed by atoms with Gasteiger partial charge in [-0.15, -0.1) is 0 Å². The molecule has 0 aliphatic carbocycles. The summed E-state index contributed by atoms with van der Waals surface area (Å²) in [6, 6.07) is 4.91. The predicted octanol–water partition coefficient (Wildman–Crippen LogP) is 3.17. The van der Waals surface area contributed by atoms with Gasteiger partial charge in [-0.2, -0.15) is 0 Å². The molecule has 1 aromatic carbocycles. The second kappa shape index (κ2) is 5.00. The highest BCUT2D eigenvalue weighted by Gasteiger charge is 2.16. The van der Waals surface area contributed by atoms with E-state index in [1.54, 1.807) is 30.6 Å². The molecule has 0 amide bonds. The number of aryl methyl sites for hydroxylation is 1. The highest BCUT2D eigenvalue weighted by molar-refractivity contribution is 6.33. The first-order chi connectivity index (χ1) is 8.08. The molecule has 1 atom stereocenters. The maximum Gasteiger partial charge on any atom is 0.161 e. The van der Waals surface area contributed by atoms with E-state index in [2.05, 4.69) is 9.97 Å². The van der Waals surface area contributed by atoms with Crippen LogP contribution >= 0.6 is 23.2 Å². The standard InChI is InChI=1S/C12H10Cl2N2O/c1-7-5-15-12(16-6-7)11(17)9-4-8(13)2-3-10(9)14/h2-6,11,17H,1H3. The van der Waals surface area contributed by atoms with Crippen LogP contribution in [-0.4, -0.2) is 15.1 Å². The maximum atomic E-state index is 10.1. The lowest BCUT2D eigenvalue weighted by Gasteiger charge is -2.11. The van der Waals surface area contributed by atoms with Gasteiger partial charge in [0.1, 0.15) is 6.10 Å². The molecule has 2 aromatic rings. The van der Waals surface area contributed by atoms with Crippen LogP contribution in [0.15, 0.2) is 30.6 Å². The van der Waals surface area contributed by atoms with Crippen LogP contribution in [0.25, 0.3) is 0 Å². The highest BCUT2D eigenvalue weighted by atomic mass is 35.5. The Hall–Kier alpha value is -1.16. The molecule has 0 fully saturated rings. The van der Waals surface area contributed by atoms with Crippen LogP contribution in [-0.2, 0) is 0 Å². The predicted molar refractivity (Wildman–Crippen MR) is 67.3 cm³/mol. The van der Waals surface area contributed by atoms with E-state index in [4.69, 9.17) is 23.2 Å². The van der Waals surface area contributed by atoms with Crippen LogP contribution in [0.4, 0.5) is 0 Å². The van der Waals surface area contributed by atoms with Crippen molar-refractivity contribution in [2.45, 2.75) is 13.0 Å². The van der Waals surface area contributed by atoms with Gasteiger partial charge in [-0.3, -0.25) is 0 Å². The molecule has 88 valence electrons. The topological polar surface area (TPSA) is 46.0 Å². The van der Waals surface area contributed by atoms with Crippen molar-refractivity contribution in [2.24, 2.45) is 0 Å². The second-order valence-electron chi connectivity index (χ2n) is 3.69. The van der Waals surface area contributed by atoms with E-state index in [0.29, 0.717) is 21.4 Å². The lowest BCUT2D eigenvalue weighted by atomic mass is 10.1. The van der Waals surface area contributed by atoms with Crippen LogP contribution in [0, 0.1) is 6.92 Å². The molecule has 0 aliphatic heterocycles.